The molecular weight excluding hydrogens is 563 g/mol. The van der Waals surface area contributed by atoms with Crippen LogP contribution in [0.1, 0.15) is 56.7 Å². The van der Waals surface area contributed by atoms with Gasteiger partial charge in [0.2, 0.25) is 0 Å². The largest absolute Gasteiger partial charge is 0.461 e. The van der Waals surface area contributed by atoms with Crippen LogP contribution in [0.5, 0.6) is 6.01 Å². The van der Waals surface area contributed by atoms with Crippen LogP contribution >= 0.6 is 9.24 Å². The molecule has 44 heavy (non-hydrogen) atoms. The molecule has 1 N–H and O–H groups in total. The van der Waals surface area contributed by atoms with Crippen LogP contribution in [0.4, 0.5) is 0 Å². The van der Waals surface area contributed by atoms with Crippen molar-refractivity contribution in [2.45, 2.75) is 63.1 Å². The number of aromatic nitrogens is 3. The lowest BCUT2D eigenvalue weighted by atomic mass is 9.75. The van der Waals surface area contributed by atoms with Gasteiger partial charge in [0.25, 0.3) is 0 Å². The van der Waals surface area contributed by atoms with E-state index >= 15 is 0 Å². The van der Waals surface area contributed by atoms with Crippen molar-refractivity contribution in [2.24, 2.45) is 5.92 Å². The van der Waals surface area contributed by atoms with E-state index in [1.165, 1.54) is 38.5 Å². The number of likely N-dealkylation sites (N-methyl/N-ethyl adjacent to an activating group) is 1. The van der Waals surface area contributed by atoms with E-state index in [1.807, 2.05) is 18.3 Å². The van der Waals surface area contributed by atoms with Crippen molar-refractivity contribution < 1.29 is 4.74 Å². The summed E-state index contributed by atoms with van der Waals surface area (Å²) in [4.78, 5) is 20.1. The van der Waals surface area contributed by atoms with Gasteiger partial charge in [-0.3, -0.25) is 9.88 Å². The van der Waals surface area contributed by atoms with Gasteiger partial charge in [0.1, 0.15) is 6.61 Å². The summed E-state index contributed by atoms with van der Waals surface area (Å²) in [7, 11) is 7.30. The molecule has 7 nitrogen and oxygen atoms in total. The smallest absolute Gasteiger partial charge is 0.317 e. The third-order valence-electron chi connectivity index (χ3n) is 10.6. The first kappa shape index (κ1) is 29.6. The third-order valence-corrected chi connectivity index (χ3v) is 11.2. The highest BCUT2D eigenvalue weighted by Gasteiger charge is 2.47. The number of terminal acetylenes is 1. The summed E-state index contributed by atoms with van der Waals surface area (Å²) < 4.78 is 6.56. The predicted molar refractivity (Wildman–Crippen MR) is 182 cm³/mol. The highest BCUT2D eigenvalue weighted by atomic mass is 31.0. The lowest BCUT2D eigenvalue weighted by Gasteiger charge is -2.47. The van der Waals surface area contributed by atoms with Crippen LogP contribution in [0.2, 0.25) is 0 Å². The maximum absolute atomic E-state index is 6.56. The van der Waals surface area contributed by atoms with Crippen LogP contribution in [-0.2, 0) is 6.54 Å². The quantitative estimate of drug-likeness (QED) is 0.209. The molecule has 0 spiro atoms. The fraction of sp³-hybridized carbons (Fsp3) is 0.472. The fourth-order valence-electron chi connectivity index (χ4n) is 8.02. The molecule has 2 saturated heterocycles. The van der Waals surface area contributed by atoms with Crippen LogP contribution in [0.15, 0.2) is 42.6 Å². The van der Waals surface area contributed by atoms with Gasteiger partial charge in [-0.05, 0) is 76.5 Å². The van der Waals surface area contributed by atoms with Gasteiger partial charge in [-0.25, -0.2) is 0 Å². The van der Waals surface area contributed by atoms with Crippen molar-refractivity contribution in [3.63, 3.8) is 0 Å². The van der Waals surface area contributed by atoms with Gasteiger partial charge in [-0.1, -0.05) is 43.2 Å². The van der Waals surface area contributed by atoms with Gasteiger partial charge in [0.05, 0.1) is 22.4 Å². The van der Waals surface area contributed by atoms with Crippen LogP contribution in [0, 0.1) is 18.3 Å². The van der Waals surface area contributed by atoms with Gasteiger partial charge >= 0.3 is 6.01 Å². The maximum Gasteiger partial charge on any atom is 0.317 e. The zero-order valence-electron chi connectivity index (χ0n) is 26.2. The molecule has 228 valence electrons. The molecule has 1 saturated carbocycles. The second-order valence-electron chi connectivity index (χ2n) is 13.5. The molecule has 8 heteroatoms. The predicted octanol–water partition coefficient (Wildman–Crippen LogP) is 5.15. The number of hydrogen-bond acceptors (Lipinski definition) is 7. The van der Waals surface area contributed by atoms with E-state index in [4.69, 9.17) is 26.1 Å². The zero-order chi connectivity index (χ0) is 30.5. The number of fused-ring (bicyclic) bond motifs is 3. The van der Waals surface area contributed by atoms with E-state index in [2.05, 4.69) is 75.6 Å². The molecule has 3 atom stereocenters. The first-order chi connectivity index (χ1) is 21.3. The zero-order valence-corrected chi connectivity index (χ0v) is 27.4. The molecule has 4 heterocycles. The molecule has 1 aliphatic carbocycles. The average Bonchev–Trinajstić information content (AvgIpc) is 3.52. The Labute approximate surface area is 263 Å². The minimum absolute atomic E-state index is 0.0975. The van der Waals surface area contributed by atoms with Gasteiger partial charge in [-0.2, -0.15) is 9.97 Å². The van der Waals surface area contributed by atoms with Crippen molar-refractivity contribution >= 4 is 36.2 Å². The Hall–Kier alpha value is -3.14. The Morgan fingerprint density at radius 1 is 1.14 bits per heavy atom. The Kier molecular flexibility index (Phi) is 7.83. The fourth-order valence-corrected chi connectivity index (χ4v) is 8.47. The molecule has 7 rings (SSSR count). The van der Waals surface area contributed by atoms with E-state index < -0.39 is 0 Å². The maximum atomic E-state index is 6.56. The topological polar surface area (TPSA) is 66.4 Å². The van der Waals surface area contributed by atoms with Gasteiger partial charge in [0, 0.05) is 58.6 Å². The molecular formula is C36H43N6OP. The molecule has 0 bridgehead atoms. The van der Waals surface area contributed by atoms with Crippen LogP contribution < -0.4 is 15.4 Å². The lowest BCUT2D eigenvalue weighted by molar-refractivity contribution is 0.0597. The average molecular weight is 607 g/mol. The lowest BCUT2D eigenvalue weighted by Crippen LogP contribution is -2.56. The first-order valence-electron chi connectivity index (χ1n) is 16.0. The highest BCUT2D eigenvalue weighted by Crippen LogP contribution is 2.42. The Balaban J connectivity index is 1.28. The molecule has 1 unspecified atom stereocenters. The van der Waals surface area contributed by atoms with Crippen molar-refractivity contribution in [2.75, 3.05) is 40.3 Å². The van der Waals surface area contributed by atoms with E-state index in [1.54, 1.807) is 0 Å². The molecule has 2 aromatic heterocycles. The monoisotopic (exact) mass is 606 g/mol. The minimum Gasteiger partial charge on any atom is -0.461 e. The van der Waals surface area contributed by atoms with Crippen LogP contribution in [0.3, 0.4) is 0 Å². The van der Waals surface area contributed by atoms with Crippen LogP contribution in [-0.4, -0.2) is 76.2 Å². The molecule has 2 aromatic carbocycles. The Morgan fingerprint density at radius 2 is 1.95 bits per heavy atom. The Bertz CT molecular complexity index is 1760. The number of nitrogens with one attached hydrogen (secondary N) is 1. The van der Waals surface area contributed by atoms with Gasteiger partial charge < -0.3 is 15.0 Å². The van der Waals surface area contributed by atoms with Crippen molar-refractivity contribution in [1.29, 1.82) is 0 Å². The number of pyridine rings is 1. The van der Waals surface area contributed by atoms with Crippen molar-refractivity contribution in [3.05, 3.63) is 53.9 Å². The summed E-state index contributed by atoms with van der Waals surface area (Å²) in [5.74, 6) is 3.56. The van der Waals surface area contributed by atoms with Gasteiger partial charge in [0.15, 0.2) is 0 Å². The van der Waals surface area contributed by atoms with Crippen molar-refractivity contribution in [3.8, 4) is 29.6 Å². The SMILES string of the molecule is C#Cc1cccc2cccc(-c3ncc4c(CNCC5(N(C)C)CCC5)nc(OC[C@@]56CCCN5C[C@H](C)C6)nc4c3P)c12. The van der Waals surface area contributed by atoms with E-state index in [-0.39, 0.29) is 11.1 Å². The molecule has 4 aromatic rings. The van der Waals surface area contributed by atoms with E-state index in [9.17, 15) is 0 Å². The Morgan fingerprint density at radius 3 is 2.70 bits per heavy atom. The molecule has 3 aliphatic rings. The number of nitrogens with zero attached hydrogens (tertiary/aromatic N) is 5. The first-order valence-corrected chi connectivity index (χ1v) is 16.6. The van der Waals surface area contributed by atoms with Crippen molar-refractivity contribution in [1.82, 2.24) is 30.1 Å². The molecule has 0 radical (unpaired) electrons. The summed E-state index contributed by atoms with van der Waals surface area (Å²) in [5.41, 5.74) is 4.80. The minimum atomic E-state index is 0.0975. The summed E-state index contributed by atoms with van der Waals surface area (Å²) in [6, 6.07) is 12.8. The summed E-state index contributed by atoms with van der Waals surface area (Å²) in [6.07, 6.45) is 15.2. The van der Waals surface area contributed by atoms with E-state index in [0.29, 0.717) is 25.1 Å². The number of rotatable bonds is 9. The third kappa shape index (κ3) is 5.07. The summed E-state index contributed by atoms with van der Waals surface area (Å²) in [5, 5.41) is 7.73. The number of benzene rings is 2. The number of hydrogen-bond donors (Lipinski definition) is 1. The summed E-state index contributed by atoms with van der Waals surface area (Å²) in [6.45, 7) is 6.83. The number of ether oxygens (including phenoxy) is 1. The molecule has 2 aliphatic heterocycles. The molecule has 3 fully saturated rings. The summed E-state index contributed by atoms with van der Waals surface area (Å²) >= 11 is 0. The van der Waals surface area contributed by atoms with E-state index in [0.717, 1.165) is 69.1 Å². The van der Waals surface area contributed by atoms with Crippen LogP contribution in [0.25, 0.3) is 32.9 Å². The molecule has 0 amide bonds. The van der Waals surface area contributed by atoms with Gasteiger partial charge in [-0.15, -0.1) is 15.7 Å². The second kappa shape index (κ2) is 11.7. The normalized spacial score (nSPS) is 22.8. The second-order valence-corrected chi connectivity index (χ2v) is 14.1. The standard InChI is InChI=1S/C36H43N6OP/c1-5-25-10-6-11-26-12-7-13-27(30(25)26)31-33(44)32-28(19-38-31)29(20-37-22-35(41(3)4)14-8-15-35)39-34(40-32)43-23-36-16-9-17-42(36)21-24(2)18-36/h1,6-7,10-13,19,24,37H,8-9,14-18,20-23,44H2,2-4H3/t24-,36+/m1/s1. The highest BCUT2D eigenvalue weighted by molar-refractivity contribution is 7.28.